The van der Waals surface area contributed by atoms with Crippen LogP contribution in [0.2, 0.25) is 0 Å². The van der Waals surface area contributed by atoms with Crippen molar-refractivity contribution in [3.05, 3.63) is 22.9 Å². The molecule has 0 aromatic rings. The first-order valence-electron chi connectivity index (χ1n) is 12.0. The Bertz CT molecular complexity index is 634. The summed E-state index contributed by atoms with van der Waals surface area (Å²) in [5, 5.41) is 9.67. The average molecular weight is 413 g/mol. The van der Waals surface area contributed by atoms with Crippen LogP contribution in [0.15, 0.2) is 11.5 Å². The van der Waals surface area contributed by atoms with Gasteiger partial charge in [0.15, 0.2) is 0 Å². The summed E-state index contributed by atoms with van der Waals surface area (Å²) in [6.45, 7) is 20.0. The van der Waals surface area contributed by atoms with Gasteiger partial charge in [-0.1, -0.05) is 6.42 Å². The van der Waals surface area contributed by atoms with E-state index in [1.807, 2.05) is 0 Å². The smallest absolute Gasteiger partial charge is 0.300 e. The number of hydrogen-bond acceptors (Lipinski definition) is 5. The first kappa shape index (κ1) is 22.9. The van der Waals surface area contributed by atoms with Crippen LogP contribution in [0.1, 0.15) is 58.8 Å². The molecule has 0 radical (unpaired) electrons. The Balaban J connectivity index is 1.62. The van der Waals surface area contributed by atoms with Crippen LogP contribution in [0.3, 0.4) is 0 Å². The van der Waals surface area contributed by atoms with Crippen LogP contribution in [0.4, 0.5) is 0 Å². The minimum absolute atomic E-state index is 0.262. The van der Waals surface area contributed by atoms with Crippen molar-refractivity contribution < 1.29 is 0 Å². The third kappa shape index (κ3) is 5.68. The van der Waals surface area contributed by atoms with Gasteiger partial charge < -0.3 is 19.6 Å². The van der Waals surface area contributed by atoms with E-state index in [0.717, 1.165) is 63.6 Å². The quantitative estimate of drug-likeness (QED) is 0.492. The van der Waals surface area contributed by atoms with Crippen molar-refractivity contribution in [2.24, 2.45) is 5.92 Å². The summed E-state index contributed by atoms with van der Waals surface area (Å²) < 4.78 is 0. The minimum Gasteiger partial charge on any atom is -0.366 e. The van der Waals surface area contributed by atoms with Crippen LogP contribution in [0.25, 0.3) is 4.85 Å². The third-order valence-corrected chi connectivity index (χ3v) is 7.42. The maximum atomic E-state index is 9.67. The van der Waals surface area contributed by atoms with E-state index in [1.54, 1.807) is 0 Å². The zero-order valence-corrected chi connectivity index (χ0v) is 19.3. The predicted octanol–water partition coefficient (Wildman–Crippen LogP) is 3.60. The molecule has 0 N–H and O–H groups in total. The van der Waals surface area contributed by atoms with E-state index in [9.17, 15) is 5.26 Å². The van der Waals surface area contributed by atoms with E-state index in [-0.39, 0.29) is 5.70 Å². The van der Waals surface area contributed by atoms with Gasteiger partial charge in [-0.25, -0.2) is 10.1 Å². The molecule has 3 fully saturated rings. The molecule has 3 rings (SSSR count). The van der Waals surface area contributed by atoms with Crippen LogP contribution in [-0.4, -0.2) is 84.5 Å². The van der Waals surface area contributed by atoms with E-state index in [4.69, 9.17) is 6.57 Å². The second-order valence-corrected chi connectivity index (χ2v) is 9.66. The van der Waals surface area contributed by atoms with Gasteiger partial charge in [0.2, 0.25) is 0 Å². The zero-order valence-electron chi connectivity index (χ0n) is 19.3. The van der Waals surface area contributed by atoms with Gasteiger partial charge in [0.05, 0.1) is 12.6 Å². The first-order chi connectivity index (χ1) is 14.5. The van der Waals surface area contributed by atoms with Gasteiger partial charge in [0.25, 0.3) is 0 Å². The maximum absolute atomic E-state index is 9.67. The fraction of sp³-hybridized carbons (Fsp3) is 0.833. The van der Waals surface area contributed by atoms with E-state index in [0.29, 0.717) is 12.1 Å². The normalized spacial score (nSPS) is 23.7. The Hall–Kier alpha value is -1.76. The first-order valence-corrected chi connectivity index (χ1v) is 12.0. The van der Waals surface area contributed by atoms with Crippen LogP contribution in [0, 0.1) is 23.8 Å². The SMILES string of the molecule is [C-]#[N+]C(C#N)=C(N1CCC(CN2CCCCC2)CC1)N(C)C1CCN(C(C)C)CC1. The summed E-state index contributed by atoms with van der Waals surface area (Å²) in [6, 6.07) is 3.19. The highest BCUT2D eigenvalue weighted by Crippen LogP contribution is 2.29. The number of nitrogens with zero attached hydrogens (tertiary/aromatic N) is 6. The van der Waals surface area contributed by atoms with Gasteiger partial charge in [0.1, 0.15) is 5.82 Å². The minimum atomic E-state index is 0.262. The van der Waals surface area contributed by atoms with Crippen molar-refractivity contribution in [2.45, 2.75) is 70.9 Å². The molecule has 0 saturated carbocycles. The summed E-state index contributed by atoms with van der Waals surface area (Å²) in [6.07, 6.45) is 8.61. The summed E-state index contributed by atoms with van der Waals surface area (Å²) >= 11 is 0. The summed E-state index contributed by atoms with van der Waals surface area (Å²) in [4.78, 5) is 13.4. The van der Waals surface area contributed by atoms with Gasteiger partial charge in [-0.3, -0.25) is 0 Å². The summed E-state index contributed by atoms with van der Waals surface area (Å²) in [7, 11) is 2.10. The molecule has 3 heterocycles. The molecule has 0 atom stereocenters. The molecule has 0 spiro atoms. The number of likely N-dealkylation sites (tertiary alicyclic amines) is 3. The largest absolute Gasteiger partial charge is 0.366 e. The molecule has 3 aliphatic heterocycles. The maximum Gasteiger partial charge on any atom is 0.300 e. The lowest BCUT2D eigenvalue weighted by molar-refractivity contribution is 0.0858. The average Bonchev–Trinajstić information content (AvgIpc) is 2.78. The predicted molar refractivity (Wildman–Crippen MR) is 121 cm³/mol. The van der Waals surface area contributed by atoms with Crippen molar-refractivity contribution in [2.75, 3.05) is 52.9 Å². The Morgan fingerprint density at radius 1 is 1.03 bits per heavy atom. The van der Waals surface area contributed by atoms with E-state index in [1.165, 1.54) is 38.9 Å². The Kier molecular flexibility index (Phi) is 8.42. The van der Waals surface area contributed by atoms with E-state index < -0.39 is 0 Å². The molecule has 0 aromatic heterocycles. The second-order valence-electron chi connectivity index (χ2n) is 9.66. The molecular weight excluding hydrogens is 372 g/mol. The standard InChI is InChI=1S/C24H40N6/c1-20(2)29-16-10-22(11-17-29)27(4)24(23(18-25)26-3)30-14-8-21(9-15-30)19-28-12-6-5-7-13-28/h20-22H,5-17,19H2,1-2,4H3. The zero-order chi connectivity index (χ0) is 21.5. The third-order valence-electron chi connectivity index (χ3n) is 7.42. The lowest BCUT2D eigenvalue weighted by Crippen LogP contribution is -2.49. The van der Waals surface area contributed by atoms with Crippen molar-refractivity contribution in [3.8, 4) is 6.07 Å². The molecule has 0 unspecified atom stereocenters. The fourth-order valence-electron chi connectivity index (χ4n) is 5.46. The monoisotopic (exact) mass is 412 g/mol. The summed E-state index contributed by atoms with van der Waals surface area (Å²) in [5.74, 6) is 1.63. The van der Waals surface area contributed by atoms with Crippen LogP contribution in [0.5, 0.6) is 0 Å². The molecule has 0 aromatic carbocycles. The van der Waals surface area contributed by atoms with Crippen LogP contribution in [-0.2, 0) is 0 Å². The second kappa shape index (κ2) is 11.0. The Labute approximate surface area is 183 Å². The highest BCUT2D eigenvalue weighted by atomic mass is 15.3. The van der Waals surface area contributed by atoms with Gasteiger partial charge in [-0.2, -0.15) is 0 Å². The fourth-order valence-corrected chi connectivity index (χ4v) is 5.46. The number of nitriles is 1. The van der Waals surface area contributed by atoms with Crippen molar-refractivity contribution in [3.63, 3.8) is 0 Å². The summed E-state index contributed by atoms with van der Waals surface area (Å²) in [5.41, 5.74) is 0.262. The molecule has 0 amide bonds. The number of rotatable bonds is 6. The van der Waals surface area contributed by atoms with Crippen LogP contribution < -0.4 is 0 Å². The lowest BCUT2D eigenvalue weighted by Gasteiger charge is -2.45. The van der Waals surface area contributed by atoms with Gasteiger partial charge in [-0.15, -0.1) is 0 Å². The molecule has 6 nitrogen and oxygen atoms in total. The van der Waals surface area contributed by atoms with Crippen molar-refractivity contribution in [1.82, 2.24) is 19.6 Å². The molecule has 0 bridgehead atoms. The van der Waals surface area contributed by atoms with Crippen molar-refractivity contribution >= 4 is 0 Å². The molecule has 166 valence electrons. The van der Waals surface area contributed by atoms with Crippen LogP contribution >= 0.6 is 0 Å². The van der Waals surface area contributed by atoms with Gasteiger partial charge in [0, 0.05) is 51.9 Å². The van der Waals surface area contributed by atoms with Gasteiger partial charge >= 0.3 is 5.70 Å². The molecule has 30 heavy (non-hydrogen) atoms. The van der Waals surface area contributed by atoms with E-state index in [2.05, 4.69) is 51.4 Å². The van der Waals surface area contributed by atoms with Gasteiger partial charge in [-0.05, 0) is 71.4 Å². The lowest BCUT2D eigenvalue weighted by atomic mass is 9.95. The number of allylic oxidation sites excluding steroid dienone is 1. The van der Waals surface area contributed by atoms with E-state index >= 15 is 0 Å². The molecule has 3 saturated heterocycles. The molecule has 3 aliphatic rings. The number of piperidine rings is 3. The van der Waals surface area contributed by atoms with Crippen molar-refractivity contribution in [1.29, 1.82) is 5.26 Å². The molecule has 6 heteroatoms. The molecular formula is C24H40N6. The topological polar surface area (TPSA) is 41.1 Å². The Morgan fingerprint density at radius 2 is 1.67 bits per heavy atom. The number of hydrogen-bond donors (Lipinski definition) is 0. The highest BCUT2D eigenvalue weighted by molar-refractivity contribution is 5.32. The molecule has 0 aliphatic carbocycles. The Morgan fingerprint density at radius 3 is 2.20 bits per heavy atom. The highest BCUT2D eigenvalue weighted by Gasteiger charge is 2.31.